The van der Waals surface area contributed by atoms with E-state index in [1.165, 1.54) is 23.1 Å². The zero-order valence-electron chi connectivity index (χ0n) is 13.4. The molecule has 2 aromatic carbocycles. The summed E-state index contributed by atoms with van der Waals surface area (Å²) >= 11 is 2.88. The van der Waals surface area contributed by atoms with E-state index in [2.05, 4.69) is 20.8 Å². The first-order valence-corrected chi connectivity index (χ1v) is 9.39. The van der Waals surface area contributed by atoms with Crippen LogP contribution in [0.4, 0.5) is 10.8 Å². The number of thioether (sulfide) groups is 1. The molecule has 0 saturated heterocycles. The monoisotopic (exact) mass is 358 g/mol. The number of nitrogens with one attached hydrogen (secondary N) is 2. The molecule has 0 aliphatic heterocycles. The summed E-state index contributed by atoms with van der Waals surface area (Å²) in [6, 6.07) is 13.9. The number of hydrogen-bond donors (Lipinski definition) is 2. The third-order valence-corrected chi connectivity index (χ3v) is 5.49. The van der Waals surface area contributed by atoms with Gasteiger partial charge in [-0.15, -0.1) is 10.2 Å². The summed E-state index contributed by atoms with van der Waals surface area (Å²) in [7, 11) is 0. The highest BCUT2D eigenvalue weighted by Crippen LogP contribution is 2.30. The molecule has 1 unspecified atom stereocenters. The van der Waals surface area contributed by atoms with Gasteiger partial charge >= 0.3 is 0 Å². The molecule has 0 fully saturated rings. The molecular formula is C17H18N4OS2. The Morgan fingerprint density at radius 1 is 1.21 bits per heavy atom. The van der Waals surface area contributed by atoms with Crippen molar-refractivity contribution in [3.05, 3.63) is 42.5 Å². The van der Waals surface area contributed by atoms with E-state index in [1.807, 2.05) is 56.3 Å². The summed E-state index contributed by atoms with van der Waals surface area (Å²) in [5, 5.41) is 17.0. The van der Waals surface area contributed by atoms with E-state index in [1.54, 1.807) is 0 Å². The third kappa shape index (κ3) is 3.85. The third-order valence-electron chi connectivity index (χ3n) is 3.43. The van der Waals surface area contributed by atoms with Crippen LogP contribution in [-0.4, -0.2) is 27.9 Å². The number of rotatable bonds is 6. The highest BCUT2D eigenvalue weighted by molar-refractivity contribution is 8.02. The van der Waals surface area contributed by atoms with E-state index < -0.39 is 0 Å². The van der Waals surface area contributed by atoms with Crippen LogP contribution in [0.15, 0.2) is 46.8 Å². The fourth-order valence-electron chi connectivity index (χ4n) is 2.25. The Morgan fingerprint density at radius 3 is 2.83 bits per heavy atom. The molecule has 0 bridgehead atoms. The van der Waals surface area contributed by atoms with E-state index in [0.29, 0.717) is 0 Å². The SMILES string of the molecule is CCNc1nnc(SC(C)C(=O)Nc2cccc3ccccc23)s1. The Morgan fingerprint density at radius 2 is 2.00 bits per heavy atom. The number of aromatic nitrogens is 2. The van der Waals surface area contributed by atoms with Crippen LogP contribution in [0.5, 0.6) is 0 Å². The maximum absolute atomic E-state index is 12.5. The van der Waals surface area contributed by atoms with E-state index >= 15 is 0 Å². The fraction of sp³-hybridized carbons (Fsp3) is 0.235. The molecule has 1 aromatic heterocycles. The molecule has 7 heteroatoms. The first kappa shape index (κ1) is 16.7. The zero-order chi connectivity index (χ0) is 16.9. The Balaban J connectivity index is 1.69. The molecule has 124 valence electrons. The molecular weight excluding hydrogens is 340 g/mol. The van der Waals surface area contributed by atoms with E-state index in [-0.39, 0.29) is 11.2 Å². The van der Waals surface area contributed by atoms with Crippen LogP contribution < -0.4 is 10.6 Å². The lowest BCUT2D eigenvalue weighted by Crippen LogP contribution is -2.22. The Bertz CT molecular complexity index is 844. The minimum atomic E-state index is -0.258. The number of carbonyl (C=O) groups excluding carboxylic acids is 1. The molecule has 1 amide bonds. The molecule has 24 heavy (non-hydrogen) atoms. The molecule has 5 nitrogen and oxygen atoms in total. The van der Waals surface area contributed by atoms with Crippen LogP contribution in [0.1, 0.15) is 13.8 Å². The quantitative estimate of drug-likeness (QED) is 0.645. The number of nitrogens with zero attached hydrogens (tertiary/aromatic N) is 2. The van der Waals surface area contributed by atoms with Gasteiger partial charge in [-0.3, -0.25) is 4.79 Å². The lowest BCUT2D eigenvalue weighted by Gasteiger charge is -2.12. The van der Waals surface area contributed by atoms with E-state index in [4.69, 9.17) is 0 Å². The number of hydrogen-bond acceptors (Lipinski definition) is 6. The Hall–Kier alpha value is -2.12. The predicted molar refractivity (Wildman–Crippen MR) is 102 cm³/mol. The van der Waals surface area contributed by atoms with Gasteiger partial charge in [0.05, 0.1) is 5.25 Å². The van der Waals surface area contributed by atoms with E-state index in [0.717, 1.165) is 32.5 Å². The normalized spacial score (nSPS) is 12.1. The minimum absolute atomic E-state index is 0.0449. The minimum Gasteiger partial charge on any atom is -0.360 e. The van der Waals surface area contributed by atoms with Crippen molar-refractivity contribution in [1.29, 1.82) is 0 Å². The molecule has 1 heterocycles. The average molecular weight is 358 g/mol. The van der Waals surface area contributed by atoms with Crippen LogP contribution in [0.3, 0.4) is 0 Å². The van der Waals surface area contributed by atoms with Crippen molar-refractivity contribution in [2.24, 2.45) is 0 Å². The molecule has 0 radical (unpaired) electrons. The van der Waals surface area contributed by atoms with Crippen LogP contribution >= 0.6 is 23.1 Å². The topological polar surface area (TPSA) is 66.9 Å². The lowest BCUT2D eigenvalue weighted by atomic mass is 10.1. The molecule has 3 rings (SSSR count). The van der Waals surface area contributed by atoms with Crippen molar-refractivity contribution in [3.8, 4) is 0 Å². The van der Waals surface area contributed by atoms with Gasteiger partial charge in [0.25, 0.3) is 0 Å². The van der Waals surface area contributed by atoms with Gasteiger partial charge in [0, 0.05) is 17.6 Å². The summed E-state index contributed by atoms with van der Waals surface area (Å²) in [4.78, 5) is 12.5. The van der Waals surface area contributed by atoms with Crippen LogP contribution in [0, 0.1) is 0 Å². The summed E-state index contributed by atoms with van der Waals surface area (Å²) in [5.74, 6) is -0.0449. The number of benzene rings is 2. The van der Waals surface area contributed by atoms with Gasteiger partial charge in [-0.25, -0.2) is 0 Å². The van der Waals surface area contributed by atoms with Crippen LogP contribution in [0.25, 0.3) is 10.8 Å². The van der Waals surface area contributed by atoms with Crippen LogP contribution in [0.2, 0.25) is 0 Å². The highest BCUT2D eigenvalue weighted by Gasteiger charge is 2.18. The van der Waals surface area contributed by atoms with Crippen molar-refractivity contribution in [2.45, 2.75) is 23.4 Å². The standard InChI is InChI=1S/C17H18N4OS2/c1-3-18-16-20-21-17(24-16)23-11(2)15(22)19-14-10-6-8-12-7-4-5-9-13(12)14/h4-11H,3H2,1-2H3,(H,18,20)(H,19,22). The number of carbonyl (C=O) groups is 1. The number of amides is 1. The maximum atomic E-state index is 12.5. The summed E-state index contributed by atoms with van der Waals surface area (Å²) in [6.45, 7) is 4.68. The van der Waals surface area contributed by atoms with Crippen molar-refractivity contribution in [2.75, 3.05) is 17.2 Å². The number of anilines is 2. The summed E-state index contributed by atoms with van der Waals surface area (Å²) in [6.07, 6.45) is 0. The summed E-state index contributed by atoms with van der Waals surface area (Å²) < 4.78 is 0.784. The second-order valence-electron chi connectivity index (χ2n) is 5.18. The van der Waals surface area contributed by atoms with Crippen molar-refractivity contribution in [3.63, 3.8) is 0 Å². The van der Waals surface area contributed by atoms with Gasteiger partial charge in [0.1, 0.15) is 0 Å². The fourth-order valence-corrected chi connectivity index (χ4v) is 4.22. The average Bonchev–Trinajstić information content (AvgIpc) is 3.02. The molecule has 1 atom stereocenters. The van der Waals surface area contributed by atoms with Crippen molar-refractivity contribution in [1.82, 2.24) is 10.2 Å². The second kappa shape index (κ2) is 7.63. The lowest BCUT2D eigenvalue weighted by molar-refractivity contribution is -0.115. The first-order valence-electron chi connectivity index (χ1n) is 7.70. The molecule has 0 saturated carbocycles. The predicted octanol–water partition coefficient (Wildman–Crippen LogP) is 4.24. The molecule has 0 aliphatic rings. The molecule has 3 aromatic rings. The van der Waals surface area contributed by atoms with Crippen molar-refractivity contribution < 1.29 is 4.79 Å². The van der Waals surface area contributed by atoms with E-state index in [9.17, 15) is 4.79 Å². The zero-order valence-corrected chi connectivity index (χ0v) is 15.1. The smallest absolute Gasteiger partial charge is 0.237 e. The largest absolute Gasteiger partial charge is 0.360 e. The molecule has 0 aliphatic carbocycles. The molecule has 0 spiro atoms. The van der Waals surface area contributed by atoms with Gasteiger partial charge in [-0.2, -0.15) is 0 Å². The van der Waals surface area contributed by atoms with Gasteiger partial charge in [0.15, 0.2) is 4.34 Å². The highest BCUT2D eigenvalue weighted by atomic mass is 32.2. The van der Waals surface area contributed by atoms with Gasteiger partial charge < -0.3 is 10.6 Å². The Labute approximate surface area is 148 Å². The number of fused-ring (bicyclic) bond motifs is 1. The van der Waals surface area contributed by atoms with Crippen molar-refractivity contribution >= 4 is 50.6 Å². The summed E-state index contributed by atoms with van der Waals surface area (Å²) in [5.41, 5.74) is 0.830. The Kier molecular flexibility index (Phi) is 5.32. The maximum Gasteiger partial charge on any atom is 0.237 e. The molecule has 2 N–H and O–H groups in total. The second-order valence-corrected chi connectivity index (χ2v) is 7.74. The van der Waals surface area contributed by atoms with Gasteiger partial charge in [-0.05, 0) is 25.3 Å². The first-order chi connectivity index (χ1) is 11.7. The van der Waals surface area contributed by atoms with Gasteiger partial charge in [0.2, 0.25) is 11.0 Å². The van der Waals surface area contributed by atoms with Gasteiger partial charge in [-0.1, -0.05) is 59.5 Å². The van der Waals surface area contributed by atoms with Crippen LogP contribution in [-0.2, 0) is 4.79 Å².